The lowest BCUT2D eigenvalue weighted by Gasteiger charge is -2.26. The number of rotatable bonds is 70. The molecule has 2 unspecified atom stereocenters. The molecule has 0 spiro atoms. The van der Waals surface area contributed by atoms with Crippen LogP contribution in [0, 0.1) is 0 Å². The number of carbonyl (C=O) groups is 3. The Bertz CT molecular complexity index is 1490. The molecule has 0 amide bonds. The van der Waals surface area contributed by atoms with Gasteiger partial charge in [-0.1, -0.05) is 346 Å². The SMILES string of the molecule is CCCCCCC/C=C\C/C=C\C/C=C\CCCCCCCCCCCCC(=O)OC(COC(=O)CCCCCCCCCCCCCCCCCCCCCCCCCCCCCCCCCCCCC)COC(OCC[N+](C)(C)C)C(=O)[O-]. The lowest BCUT2D eigenvalue weighted by Crippen LogP contribution is -2.44. The van der Waals surface area contributed by atoms with E-state index in [0.29, 0.717) is 23.9 Å². The van der Waals surface area contributed by atoms with E-state index in [9.17, 15) is 19.5 Å². The predicted octanol–water partition coefficient (Wildman–Crippen LogP) is 21.8. The molecule has 0 aliphatic heterocycles. The first-order valence-electron chi connectivity index (χ1n) is 37.1. The monoisotopic (exact) mass is 1200 g/mol. The molecule has 0 bridgehead atoms. The van der Waals surface area contributed by atoms with E-state index < -0.39 is 24.3 Å². The molecule has 0 aliphatic rings. The van der Waals surface area contributed by atoms with Gasteiger partial charge >= 0.3 is 11.9 Å². The molecule has 9 heteroatoms. The Kier molecular flexibility index (Phi) is 65.5. The number of hydrogen-bond acceptors (Lipinski definition) is 8. The summed E-state index contributed by atoms with van der Waals surface area (Å²) in [6.45, 7) is 4.80. The van der Waals surface area contributed by atoms with Crippen LogP contribution in [0.5, 0.6) is 0 Å². The van der Waals surface area contributed by atoms with Crippen molar-refractivity contribution in [3.05, 3.63) is 36.5 Å². The Labute approximate surface area is 528 Å². The van der Waals surface area contributed by atoms with Crippen molar-refractivity contribution in [1.82, 2.24) is 0 Å². The van der Waals surface area contributed by atoms with Crippen molar-refractivity contribution < 1.29 is 42.9 Å². The largest absolute Gasteiger partial charge is 0.545 e. The number of ether oxygens (including phenoxy) is 4. The minimum atomic E-state index is -1.62. The van der Waals surface area contributed by atoms with Gasteiger partial charge in [-0.2, -0.15) is 0 Å². The predicted molar refractivity (Wildman–Crippen MR) is 362 cm³/mol. The minimum Gasteiger partial charge on any atom is -0.545 e. The Morgan fingerprint density at radius 3 is 0.941 bits per heavy atom. The summed E-state index contributed by atoms with van der Waals surface area (Å²) in [5.74, 6) is -2.26. The zero-order chi connectivity index (χ0) is 61.9. The fourth-order valence-electron chi connectivity index (χ4n) is 11.2. The van der Waals surface area contributed by atoms with Gasteiger partial charge in [-0.3, -0.25) is 9.59 Å². The highest BCUT2D eigenvalue weighted by Crippen LogP contribution is 2.19. The number of quaternary nitrogens is 1. The summed E-state index contributed by atoms with van der Waals surface area (Å²) in [5.41, 5.74) is 0. The highest BCUT2D eigenvalue weighted by atomic mass is 16.7. The van der Waals surface area contributed by atoms with Crippen LogP contribution in [0.3, 0.4) is 0 Å². The number of carboxylic acids is 1. The molecule has 0 radical (unpaired) electrons. The van der Waals surface area contributed by atoms with Gasteiger partial charge in [0.2, 0.25) is 0 Å². The minimum absolute atomic E-state index is 0.149. The Hall–Kier alpha value is -2.49. The molecule has 0 rings (SSSR count). The molecule has 0 heterocycles. The first-order chi connectivity index (χ1) is 41.6. The molecule has 0 N–H and O–H groups in total. The van der Waals surface area contributed by atoms with Crippen molar-refractivity contribution in [2.75, 3.05) is 47.5 Å². The summed E-state index contributed by atoms with van der Waals surface area (Å²) in [7, 11) is 5.94. The summed E-state index contributed by atoms with van der Waals surface area (Å²) in [6.07, 6.45) is 82.5. The number of carboxylic acid groups (broad SMARTS) is 1. The van der Waals surface area contributed by atoms with Crippen molar-refractivity contribution >= 4 is 17.9 Å². The quantitative estimate of drug-likeness (QED) is 0.0195. The number of esters is 2. The normalized spacial score (nSPS) is 12.8. The third kappa shape index (κ3) is 68.9. The molecular weight excluding hydrogens is 1050 g/mol. The van der Waals surface area contributed by atoms with Crippen molar-refractivity contribution in [2.24, 2.45) is 0 Å². The van der Waals surface area contributed by atoms with Gasteiger partial charge < -0.3 is 33.3 Å². The Morgan fingerprint density at radius 2 is 0.635 bits per heavy atom. The van der Waals surface area contributed by atoms with Crippen LogP contribution >= 0.6 is 0 Å². The molecule has 0 fully saturated rings. The molecule has 500 valence electrons. The summed E-state index contributed by atoms with van der Waals surface area (Å²) < 4.78 is 22.8. The van der Waals surface area contributed by atoms with Crippen LogP contribution in [0.25, 0.3) is 0 Å². The topological polar surface area (TPSA) is 111 Å². The second-order valence-electron chi connectivity index (χ2n) is 26.6. The molecule has 0 aromatic heterocycles. The number of unbranched alkanes of at least 4 members (excludes halogenated alkanes) is 49. The van der Waals surface area contributed by atoms with Crippen molar-refractivity contribution in [2.45, 2.75) is 386 Å². The van der Waals surface area contributed by atoms with Crippen LogP contribution < -0.4 is 5.11 Å². The summed E-state index contributed by atoms with van der Waals surface area (Å²) in [4.78, 5) is 37.5. The van der Waals surface area contributed by atoms with Crippen LogP contribution in [0.1, 0.15) is 373 Å². The van der Waals surface area contributed by atoms with Crippen LogP contribution in [-0.4, -0.2) is 82.3 Å². The number of nitrogens with zero attached hydrogens (tertiary/aromatic N) is 1. The number of carbonyl (C=O) groups excluding carboxylic acids is 3. The molecule has 9 nitrogen and oxygen atoms in total. The van der Waals surface area contributed by atoms with E-state index >= 15 is 0 Å². The molecule has 2 atom stereocenters. The van der Waals surface area contributed by atoms with Gasteiger partial charge in [0.15, 0.2) is 12.4 Å². The van der Waals surface area contributed by atoms with Gasteiger partial charge in [0, 0.05) is 12.8 Å². The summed E-state index contributed by atoms with van der Waals surface area (Å²) in [6, 6.07) is 0. The number of aliphatic carboxylic acids is 1. The van der Waals surface area contributed by atoms with Gasteiger partial charge in [-0.25, -0.2) is 0 Å². The van der Waals surface area contributed by atoms with E-state index in [1.165, 1.54) is 289 Å². The van der Waals surface area contributed by atoms with Gasteiger partial charge in [-0.05, 0) is 51.4 Å². The molecule has 0 saturated heterocycles. The van der Waals surface area contributed by atoms with Crippen LogP contribution in [0.15, 0.2) is 36.5 Å². The Morgan fingerprint density at radius 1 is 0.353 bits per heavy atom. The van der Waals surface area contributed by atoms with Crippen molar-refractivity contribution in [3.8, 4) is 0 Å². The number of hydrogen-bond donors (Lipinski definition) is 0. The number of likely N-dealkylation sites (N-methyl/N-ethyl adjacent to an activating group) is 1. The molecular formula is C76H143NO8. The van der Waals surface area contributed by atoms with Crippen molar-refractivity contribution in [1.29, 1.82) is 0 Å². The van der Waals surface area contributed by atoms with E-state index in [4.69, 9.17) is 18.9 Å². The van der Waals surface area contributed by atoms with Gasteiger partial charge in [0.1, 0.15) is 13.2 Å². The second kappa shape index (κ2) is 67.4. The molecule has 0 aromatic rings. The zero-order valence-corrected chi connectivity index (χ0v) is 57.3. The standard InChI is InChI=1S/C76H143NO8/c1-6-8-10-12-14-16-18-20-22-24-26-28-30-32-33-34-35-36-37-38-39-40-41-43-44-46-48-50-52-54-56-58-60-62-64-66-73(78)83-70-72(71-84-76(75(80)81)82-69-68-77(3,4)5)85-74(79)67-65-63-61-59-57-55-53-51-49-47-45-42-31-29-27-25-23-21-19-17-15-13-11-9-7-2/h19,21,25,27,31,42,72,76H,6-18,20,22-24,26,28-30,32-41,43-71H2,1-5H3/b21-19-,27-25-,42-31-. The van der Waals surface area contributed by atoms with Gasteiger partial charge in [-0.15, -0.1) is 0 Å². The second-order valence-corrected chi connectivity index (χ2v) is 26.6. The van der Waals surface area contributed by atoms with E-state index in [-0.39, 0.29) is 32.2 Å². The fourth-order valence-corrected chi connectivity index (χ4v) is 11.2. The van der Waals surface area contributed by atoms with E-state index in [1.54, 1.807) is 0 Å². The highest BCUT2D eigenvalue weighted by molar-refractivity contribution is 5.70. The molecule has 0 aliphatic carbocycles. The van der Waals surface area contributed by atoms with Gasteiger partial charge in [0.25, 0.3) is 0 Å². The lowest BCUT2D eigenvalue weighted by atomic mass is 10.0. The Balaban J connectivity index is 4.01. The average molecular weight is 1200 g/mol. The fraction of sp³-hybridized carbons (Fsp3) is 0.882. The van der Waals surface area contributed by atoms with Gasteiger partial charge in [0.05, 0.1) is 40.3 Å². The maximum absolute atomic E-state index is 12.9. The summed E-state index contributed by atoms with van der Waals surface area (Å²) in [5, 5.41) is 11.8. The summed E-state index contributed by atoms with van der Waals surface area (Å²) >= 11 is 0. The average Bonchev–Trinajstić information content (AvgIpc) is 3.49. The van der Waals surface area contributed by atoms with E-state index in [1.807, 2.05) is 21.1 Å². The smallest absolute Gasteiger partial charge is 0.306 e. The molecule has 0 saturated carbocycles. The highest BCUT2D eigenvalue weighted by Gasteiger charge is 2.22. The zero-order valence-electron chi connectivity index (χ0n) is 57.3. The maximum atomic E-state index is 12.9. The lowest BCUT2D eigenvalue weighted by molar-refractivity contribution is -0.870. The number of allylic oxidation sites excluding steroid dienone is 6. The third-order valence-electron chi connectivity index (χ3n) is 16.9. The van der Waals surface area contributed by atoms with Crippen LogP contribution in [0.2, 0.25) is 0 Å². The van der Waals surface area contributed by atoms with Crippen LogP contribution in [-0.2, 0) is 33.3 Å². The first kappa shape index (κ1) is 82.5. The third-order valence-corrected chi connectivity index (χ3v) is 16.9. The van der Waals surface area contributed by atoms with E-state index in [2.05, 4.69) is 50.3 Å². The van der Waals surface area contributed by atoms with Crippen molar-refractivity contribution in [3.63, 3.8) is 0 Å². The first-order valence-corrected chi connectivity index (χ1v) is 37.1. The molecule has 0 aromatic carbocycles. The van der Waals surface area contributed by atoms with Crippen LogP contribution in [0.4, 0.5) is 0 Å². The van der Waals surface area contributed by atoms with E-state index in [0.717, 1.165) is 51.4 Å². The molecule has 85 heavy (non-hydrogen) atoms. The maximum Gasteiger partial charge on any atom is 0.306 e.